The van der Waals surface area contributed by atoms with Gasteiger partial charge >= 0.3 is 5.97 Å². The molecule has 10 rings (SSSR count). The minimum Gasteiger partial charge on any atom is -0.432 e. The first kappa shape index (κ1) is 63.0. The summed E-state index contributed by atoms with van der Waals surface area (Å²) in [6, 6.07) is 0. The van der Waals surface area contributed by atoms with E-state index in [9.17, 15) is 71.2 Å². The predicted molar refractivity (Wildman–Crippen MR) is 276 cm³/mol. The number of hydrogen-bond acceptors (Lipinski definition) is 25. The molecule has 0 unspecified atom stereocenters. The molecule has 0 radical (unpaired) electrons. The Bertz CT molecular complexity index is 2330. The lowest BCUT2D eigenvalue weighted by Gasteiger charge is -2.71. The Balaban J connectivity index is 0.818. The van der Waals surface area contributed by atoms with Gasteiger partial charge in [-0.1, -0.05) is 53.2 Å². The summed E-state index contributed by atoms with van der Waals surface area (Å²) in [7, 11) is 0. The number of allylic oxidation sites excluding steroid dienone is 2. The van der Waals surface area contributed by atoms with E-state index in [0.29, 0.717) is 25.7 Å². The standard InChI is InChI=1S/C57H90O25/c1-23-34(63)37(66)45(81-49-41(70)38(67)43(24(2)77-49)79-48-42(71)44(28(60)20-74-48)80-47-40(69)36(65)29(21-75-47)78-46-39(68)35(64)27(59)19-73-46)50(76-23)82-51(72)57-16-15-52(3,4)17-26(57)25-9-10-31-53(5)13-12-32(61)54(6,22-58)30(53)11-14-55(31,7)56(25,8)18-33(57)62/h9,22-24,26-50,59-71H,10-21H2,1-8H3/t23-,24+,26+,27-,28-,29-,30-,31-,32+,33-,34+,35-,36-,37+,38+,39+,40+,41-,42-,43+,44+,45-,46+,47+,48+,49+,50+,53+,54+,55-,56-,57-/m1/s1. The monoisotopic (exact) mass is 1170 g/mol. The Hall–Kier alpha value is -2.00. The number of ether oxygens (including phenoxy) is 10. The number of aliphatic hydroxyl groups is 13. The molecule has 0 aromatic carbocycles. The van der Waals surface area contributed by atoms with Crippen LogP contribution >= 0.6 is 0 Å². The third-order valence-corrected chi connectivity index (χ3v) is 22.3. The highest BCUT2D eigenvalue weighted by Crippen LogP contribution is 2.76. The van der Waals surface area contributed by atoms with Crippen LogP contribution in [-0.2, 0) is 57.0 Å². The van der Waals surface area contributed by atoms with Gasteiger partial charge in [-0.3, -0.25) is 4.79 Å². The normalized spacial score (nSPS) is 55.9. The zero-order valence-electron chi connectivity index (χ0n) is 47.9. The second kappa shape index (κ2) is 22.9. The number of aldehydes is 1. The summed E-state index contributed by atoms with van der Waals surface area (Å²) in [6.45, 7) is 14.5. The SMILES string of the molecule is C[C@@H]1O[C@@H](O[C@H]2[C@H](OC(=O)[C@]34CCC(C)(C)C[C@H]3C3=CC[C@@H]5[C@@]6(C)CC[C@H](O)[C@@](C)(C=O)[C@@H]6CC[C@@]5(C)[C@]3(C)C[C@H]4O)O[C@H](C)[C@H](O)[C@@H]2O)[C@H](O)[C@H](O)[C@H]1O[C@@H]1OC[C@@H](O)[C@H](O[C@@H]2OC[C@@H](O[C@@H]3OC[C@@H](O)[C@@H](O)[C@@H]3O)[C@@H](O)[C@@H]2O)[C@H]1O. The molecule has 0 amide bonds. The van der Waals surface area contributed by atoms with E-state index in [1.165, 1.54) is 13.8 Å². The second-order valence-corrected chi connectivity index (χ2v) is 27.5. The van der Waals surface area contributed by atoms with Crippen molar-refractivity contribution in [2.45, 2.75) is 261 Å². The average molecular weight is 1180 g/mol. The maximum absolute atomic E-state index is 15.4. The Morgan fingerprint density at radius 1 is 0.549 bits per heavy atom. The molecule has 0 aromatic heterocycles. The number of esters is 1. The van der Waals surface area contributed by atoms with Gasteiger partial charge in [0.1, 0.15) is 97.2 Å². The Morgan fingerprint density at radius 3 is 1.83 bits per heavy atom. The summed E-state index contributed by atoms with van der Waals surface area (Å²) in [5.74, 6) is -1.20. The van der Waals surface area contributed by atoms with Crippen molar-refractivity contribution in [1.29, 1.82) is 0 Å². The first-order valence-corrected chi connectivity index (χ1v) is 29.4. The lowest BCUT2D eigenvalue weighted by molar-refractivity contribution is -0.380. The Labute approximate surface area is 476 Å². The van der Waals surface area contributed by atoms with Gasteiger partial charge in [0.05, 0.1) is 49.7 Å². The molecule has 5 heterocycles. The van der Waals surface area contributed by atoms with Crippen LogP contribution in [0.3, 0.4) is 0 Å². The molecule has 13 N–H and O–H groups in total. The molecular formula is C57H90O25. The molecule has 25 heteroatoms. The zero-order valence-corrected chi connectivity index (χ0v) is 47.9. The van der Waals surface area contributed by atoms with Gasteiger partial charge in [0, 0.05) is 0 Å². The van der Waals surface area contributed by atoms with Crippen molar-refractivity contribution in [3.8, 4) is 0 Å². The first-order valence-electron chi connectivity index (χ1n) is 29.4. The van der Waals surface area contributed by atoms with Crippen molar-refractivity contribution in [3.63, 3.8) is 0 Å². The van der Waals surface area contributed by atoms with E-state index in [-0.39, 0.29) is 40.9 Å². The van der Waals surface area contributed by atoms with Crippen molar-refractivity contribution in [2.24, 2.45) is 50.2 Å². The van der Waals surface area contributed by atoms with Crippen molar-refractivity contribution in [1.82, 2.24) is 0 Å². The van der Waals surface area contributed by atoms with Gasteiger partial charge < -0.3 is 119 Å². The predicted octanol–water partition coefficient (Wildman–Crippen LogP) is -2.09. The lowest BCUT2D eigenvalue weighted by atomic mass is 9.33. The third-order valence-electron chi connectivity index (χ3n) is 22.3. The molecule has 5 aliphatic heterocycles. The number of fused-ring (bicyclic) bond motifs is 7. The minimum absolute atomic E-state index is 0.0397. The van der Waals surface area contributed by atoms with Crippen LogP contribution in [0.1, 0.15) is 113 Å². The molecule has 4 saturated carbocycles. The summed E-state index contributed by atoms with van der Waals surface area (Å²) in [5, 5.41) is 144. The van der Waals surface area contributed by atoms with Crippen LogP contribution in [0.15, 0.2) is 11.6 Å². The van der Waals surface area contributed by atoms with Crippen molar-refractivity contribution >= 4 is 12.3 Å². The van der Waals surface area contributed by atoms with Gasteiger partial charge in [0.15, 0.2) is 31.3 Å². The smallest absolute Gasteiger partial charge is 0.317 e. The number of hydrogen-bond donors (Lipinski definition) is 13. The fourth-order valence-electron chi connectivity index (χ4n) is 17.0. The highest BCUT2D eigenvalue weighted by Gasteiger charge is 2.72. The molecule has 25 nitrogen and oxygen atoms in total. The number of carbonyl (C=O) groups excluding carboxylic acids is 2. The van der Waals surface area contributed by atoms with Crippen LogP contribution < -0.4 is 0 Å². The average Bonchev–Trinajstić information content (AvgIpc) is 0.730. The van der Waals surface area contributed by atoms with Gasteiger partial charge in [0.25, 0.3) is 0 Å². The Kier molecular flexibility index (Phi) is 17.6. The van der Waals surface area contributed by atoms with Gasteiger partial charge in [-0.15, -0.1) is 0 Å². The molecule has 32 atom stereocenters. The van der Waals surface area contributed by atoms with E-state index in [2.05, 4.69) is 40.7 Å². The lowest BCUT2D eigenvalue weighted by Crippen LogP contribution is -2.68. The first-order chi connectivity index (χ1) is 38.4. The van der Waals surface area contributed by atoms with E-state index < -0.39 is 195 Å². The van der Waals surface area contributed by atoms with Crippen LogP contribution in [0.4, 0.5) is 0 Å². The highest BCUT2D eigenvalue weighted by atomic mass is 16.8. The molecule has 468 valence electrons. The van der Waals surface area contributed by atoms with Gasteiger partial charge in [-0.05, 0) is 111 Å². The Morgan fingerprint density at radius 2 is 1.13 bits per heavy atom. The summed E-state index contributed by atoms with van der Waals surface area (Å²) < 4.78 is 58.3. The molecule has 82 heavy (non-hydrogen) atoms. The molecular weight excluding hydrogens is 1080 g/mol. The molecule has 0 spiro atoms. The minimum atomic E-state index is -1.98. The second-order valence-electron chi connectivity index (χ2n) is 27.5. The molecule has 5 saturated heterocycles. The van der Waals surface area contributed by atoms with Crippen LogP contribution in [0.5, 0.6) is 0 Å². The fraction of sp³-hybridized carbons (Fsp3) is 0.930. The summed E-state index contributed by atoms with van der Waals surface area (Å²) in [4.78, 5) is 28.2. The highest BCUT2D eigenvalue weighted by molar-refractivity contribution is 5.80. The van der Waals surface area contributed by atoms with Crippen molar-refractivity contribution in [2.75, 3.05) is 19.8 Å². The van der Waals surface area contributed by atoms with Crippen LogP contribution in [-0.4, -0.2) is 246 Å². The number of rotatable bonds is 11. The van der Waals surface area contributed by atoms with Crippen LogP contribution in [0.25, 0.3) is 0 Å². The van der Waals surface area contributed by atoms with Crippen molar-refractivity contribution in [3.05, 3.63) is 11.6 Å². The topological polar surface area (TPSA) is 389 Å². The van der Waals surface area contributed by atoms with E-state index >= 15 is 4.79 Å². The van der Waals surface area contributed by atoms with E-state index in [4.69, 9.17) is 47.4 Å². The van der Waals surface area contributed by atoms with Crippen molar-refractivity contribution < 1.29 is 123 Å². The number of aliphatic hydroxyl groups excluding tert-OH is 13. The van der Waals surface area contributed by atoms with Gasteiger partial charge in [-0.25, -0.2) is 0 Å². The zero-order chi connectivity index (χ0) is 59.7. The summed E-state index contributed by atoms with van der Waals surface area (Å²) >= 11 is 0. The molecule has 0 aromatic rings. The van der Waals surface area contributed by atoms with Gasteiger partial charge in [-0.2, -0.15) is 0 Å². The maximum atomic E-state index is 15.4. The molecule has 0 bridgehead atoms. The van der Waals surface area contributed by atoms with E-state index in [1.54, 1.807) is 0 Å². The van der Waals surface area contributed by atoms with Crippen LogP contribution in [0.2, 0.25) is 0 Å². The fourth-order valence-corrected chi connectivity index (χ4v) is 17.0. The van der Waals surface area contributed by atoms with Crippen LogP contribution in [0, 0.1) is 50.2 Å². The molecule has 5 aliphatic carbocycles. The summed E-state index contributed by atoms with van der Waals surface area (Å²) in [6.07, 6.45) is -29.6. The quantitative estimate of drug-likeness (QED) is 0.0599. The van der Waals surface area contributed by atoms with Gasteiger partial charge in [0.2, 0.25) is 6.29 Å². The number of carbonyl (C=O) groups is 2. The third kappa shape index (κ3) is 10.2. The largest absolute Gasteiger partial charge is 0.432 e. The van der Waals surface area contributed by atoms with E-state index in [0.717, 1.165) is 31.1 Å². The molecule has 9 fully saturated rings. The molecule has 10 aliphatic rings. The van der Waals surface area contributed by atoms with E-state index in [1.807, 2.05) is 6.92 Å². The maximum Gasteiger partial charge on any atom is 0.317 e. The summed E-state index contributed by atoms with van der Waals surface area (Å²) in [5.41, 5.74) is -2.75.